The minimum absolute atomic E-state index is 0.0268. The van der Waals surface area contributed by atoms with Gasteiger partial charge in [0.15, 0.2) is 0 Å². The van der Waals surface area contributed by atoms with E-state index in [1.165, 1.54) is 0 Å². The van der Waals surface area contributed by atoms with Crippen molar-refractivity contribution in [3.8, 4) is 0 Å². The van der Waals surface area contributed by atoms with Gasteiger partial charge in [-0.1, -0.05) is 40.7 Å². The Bertz CT molecular complexity index is 421. The zero-order valence-corrected chi connectivity index (χ0v) is 14.1. The van der Waals surface area contributed by atoms with Crippen molar-refractivity contribution in [3.63, 3.8) is 0 Å². The lowest BCUT2D eigenvalue weighted by Gasteiger charge is -2.30. The molecule has 0 saturated heterocycles. The first-order valence-corrected chi connectivity index (χ1v) is 7.74. The van der Waals surface area contributed by atoms with Gasteiger partial charge in [0, 0.05) is 12.3 Å². The second-order valence-electron chi connectivity index (χ2n) is 6.76. The number of rotatable bonds is 6. The van der Waals surface area contributed by atoms with Gasteiger partial charge in [0.2, 0.25) is 0 Å². The van der Waals surface area contributed by atoms with Crippen LogP contribution in [0.1, 0.15) is 54.4 Å². The van der Waals surface area contributed by atoms with Crippen LogP contribution in [-0.2, 0) is 19.1 Å². The maximum Gasteiger partial charge on any atom is 0.308 e. The maximum absolute atomic E-state index is 11.8. The Kier molecular flexibility index (Phi) is 5.99. The van der Waals surface area contributed by atoms with E-state index in [9.17, 15) is 9.59 Å². The molecule has 1 rings (SSSR count). The normalized spacial score (nSPS) is 23.9. The monoisotopic (exact) mass is 296 g/mol. The zero-order chi connectivity index (χ0) is 16.2. The Balaban J connectivity index is 2.76. The largest absolute Gasteiger partial charge is 0.465 e. The van der Waals surface area contributed by atoms with Crippen LogP contribution in [0.3, 0.4) is 0 Å². The number of hydrogen-bond acceptors (Lipinski definition) is 4. The topological polar surface area (TPSA) is 52.6 Å². The van der Waals surface area contributed by atoms with Crippen LogP contribution in [0.25, 0.3) is 0 Å². The smallest absolute Gasteiger partial charge is 0.308 e. The third kappa shape index (κ3) is 4.58. The summed E-state index contributed by atoms with van der Waals surface area (Å²) in [6.07, 6.45) is 3.01. The van der Waals surface area contributed by atoms with Gasteiger partial charge in [0.25, 0.3) is 0 Å². The van der Waals surface area contributed by atoms with E-state index in [0.717, 1.165) is 12.0 Å². The van der Waals surface area contributed by atoms with E-state index in [4.69, 9.17) is 9.47 Å². The van der Waals surface area contributed by atoms with Gasteiger partial charge in [-0.15, -0.1) is 0 Å². The molecule has 1 aliphatic rings. The van der Waals surface area contributed by atoms with Crippen molar-refractivity contribution in [2.45, 2.75) is 60.5 Å². The Morgan fingerprint density at radius 2 is 1.95 bits per heavy atom. The minimum atomic E-state index is -0.293. The average Bonchev–Trinajstić information content (AvgIpc) is 2.56. The molecule has 0 bridgehead atoms. The molecule has 0 saturated carbocycles. The fourth-order valence-electron chi connectivity index (χ4n) is 2.70. The summed E-state index contributed by atoms with van der Waals surface area (Å²) in [7, 11) is 0. The molecule has 0 aromatic carbocycles. The fraction of sp³-hybridized carbons (Fsp3) is 0.765. The maximum atomic E-state index is 11.8. The molecule has 0 radical (unpaired) electrons. The summed E-state index contributed by atoms with van der Waals surface area (Å²) >= 11 is 0. The van der Waals surface area contributed by atoms with E-state index in [1.807, 2.05) is 27.7 Å². The standard InChI is InChI=1S/C17H28O4/c1-7-8-14(18)21-15-12(4)9-17(5,6)13(15)10-20-16(19)11(2)3/h9,11,13,15H,7-8,10H2,1-6H3/t13-,15-/m1/s1. The van der Waals surface area contributed by atoms with Crippen molar-refractivity contribution in [2.24, 2.45) is 17.3 Å². The number of carbonyl (C=O) groups is 2. The highest BCUT2D eigenvalue weighted by Crippen LogP contribution is 2.42. The Morgan fingerprint density at radius 3 is 2.48 bits per heavy atom. The molecule has 0 heterocycles. The molecule has 0 unspecified atom stereocenters. The van der Waals surface area contributed by atoms with Crippen LogP contribution in [0, 0.1) is 17.3 Å². The van der Waals surface area contributed by atoms with Gasteiger partial charge in [-0.2, -0.15) is 0 Å². The van der Waals surface area contributed by atoms with E-state index >= 15 is 0 Å². The quantitative estimate of drug-likeness (QED) is 0.556. The van der Waals surface area contributed by atoms with Crippen LogP contribution in [0.2, 0.25) is 0 Å². The summed E-state index contributed by atoms with van der Waals surface area (Å²) in [5, 5.41) is 0. The van der Waals surface area contributed by atoms with Crippen LogP contribution in [0.4, 0.5) is 0 Å². The second-order valence-corrected chi connectivity index (χ2v) is 6.76. The molecule has 2 atom stereocenters. The first-order valence-electron chi connectivity index (χ1n) is 7.74. The molecule has 0 aliphatic heterocycles. The Morgan fingerprint density at radius 1 is 1.33 bits per heavy atom. The molecule has 0 fully saturated rings. The average molecular weight is 296 g/mol. The van der Waals surface area contributed by atoms with Gasteiger partial charge >= 0.3 is 11.9 Å². The van der Waals surface area contributed by atoms with Crippen molar-refractivity contribution in [3.05, 3.63) is 11.6 Å². The Labute approximate surface area is 127 Å². The summed E-state index contributed by atoms with van der Waals surface area (Å²) < 4.78 is 11.0. The van der Waals surface area contributed by atoms with Crippen LogP contribution in [-0.4, -0.2) is 24.6 Å². The molecular formula is C17H28O4. The van der Waals surface area contributed by atoms with Gasteiger partial charge in [-0.25, -0.2) is 0 Å². The lowest BCUT2D eigenvalue weighted by Crippen LogP contribution is -2.36. The predicted octanol–water partition coefficient (Wildman–Crippen LogP) is 3.50. The summed E-state index contributed by atoms with van der Waals surface area (Å²) in [6.45, 7) is 12.0. The van der Waals surface area contributed by atoms with Crippen LogP contribution < -0.4 is 0 Å². The predicted molar refractivity (Wildman–Crippen MR) is 81.6 cm³/mol. The molecule has 0 aromatic rings. The number of hydrogen-bond donors (Lipinski definition) is 0. The van der Waals surface area contributed by atoms with E-state index in [0.29, 0.717) is 6.42 Å². The zero-order valence-electron chi connectivity index (χ0n) is 14.1. The highest BCUT2D eigenvalue weighted by atomic mass is 16.6. The highest BCUT2D eigenvalue weighted by Gasteiger charge is 2.43. The molecule has 0 spiro atoms. The first kappa shape index (κ1) is 17.7. The van der Waals surface area contributed by atoms with Crippen molar-refractivity contribution in [1.82, 2.24) is 0 Å². The van der Waals surface area contributed by atoms with E-state index in [-0.39, 0.29) is 41.9 Å². The lowest BCUT2D eigenvalue weighted by atomic mass is 9.81. The molecule has 21 heavy (non-hydrogen) atoms. The summed E-state index contributed by atoms with van der Waals surface area (Å²) in [5.41, 5.74) is 0.883. The summed E-state index contributed by atoms with van der Waals surface area (Å²) in [5.74, 6) is -0.576. The van der Waals surface area contributed by atoms with Gasteiger partial charge in [-0.3, -0.25) is 9.59 Å². The number of carbonyl (C=O) groups excluding carboxylic acids is 2. The second kappa shape index (κ2) is 7.10. The molecule has 1 aliphatic carbocycles. The molecule has 120 valence electrons. The lowest BCUT2D eigenvalue weighted by molar-refractivity contribution is -0.156. The van der Waals surface area contributed by atoms with Gasteiger partial charge in [0.1, 0.15) is 6.10 Å². The van der Waals surface area contributed by atoms with Crippen molar-refractivity contribution >= 4 is 11.9 Å². The third-order valence-corrected chi connectivity index (χ3v) is 3.96. The van der Waals surface area contributed by atoms with Gasteiger partial charge < -0.3 is 9.47 Å². The van der Waals surface area contributed by atoms with Gasteiger partial charge in [0.05, 0.1) is 12.5 Å². The van der Waals surface area contributed by atoms with Crippen molar-refractivity contribution in [2.75, 3.05) is 6.61 Å². The molecule has 4 nitrogen and oxygen atoms in total. The summed E-state index contributed by atoms with van der Waals surface area (Å²) in [6, 6.07) is 0. The van der Waals surface area contributed by atoms with Crippen molar-refractivity contribution in [1.29, 1.82) is 0 Å². The molecule has 4 heteroatoms. The molecular weight excluding hydrogens is 268 g/mol. The van der Waals surface area contributed by atoms with E-state index < -0.39 is 0 Å². The van der Waals surface area contributed by atoms with E-state index in [1.54, 1.807) is 0 Å². The summed E-state index contributed by atoms with van der Waals surface area (Å²) in [4.78, 5) is 23.5. The number of ether oxygens (including phenoxy) is 2. The fourth-order valence-corrected chi connectivity index (χ4v) is 2.70. The van der Waals surface area contributed by atoms with Crippen LogP contribution in [0.5, 0.6) is 0 Å². The Hall–Kier alpha value is -1.32. The SMILES string of the molecule is CCCC(=O)O[C@@H]1C(C)=CC(C)(C)[C@@H]1COC(=O)C(C)C. The van der Waals surface area contributed by atoms with Crippen LogP contribution in [0.15, 0.2) is 11.6 Å². The number of allylic oxidation sites excluding steroid dienone is 1. The molecule has 0 N–H and O–H groups in total. The number of esters is 2. The minimum Gasteiger partial charge on any atom is -0.465 e. The first-order chi connectivity index (χ1) is 9.69. The van der Waals surface area contributed by atoms with Gasteiger partial charge in [-0.05, 0) is 24.3 Å². The van der Waals surface area contributed by atoms with Crippen LogP contribution >= 0.6 is 0 Å². The third-order valence-electron chi connectivity index (χ3n) is 3.96. The van der Waals surface area contributed by atoms with E-state index in [2.05, 4.69) is 19.9 Å². The van der Waals surface area contributed by atoms with Crippen molar-refractivity contribution < 1.29 is 19.1 Å². The highest BCUT2D eigenvalue weighted by molar-refractivity contribution is 5.71. The molecule has 0 aromatic heterocycles. The molecule has 0 amide bonds.